The van der Waals surface area contributed by atoms with Crippen LogP contribution in [-0.4, -0.2) is 26.8 Å². The summed E-state index contributed by atoms with van der Waals surface area (Å²) < 4.78 is 7.95. The molecular weight excluding hydrogens is 388 g/mol. The van der Waals surface area contributed by atoms with Gasteiger partial charge in [0.2, 0.25) is 5.91 Å². The number of anilines is 1. The average Bonchev–Trinajstić information content (AvgIpc) is 3.48. The monoisotopic (exact) mass is 418 g/mol. The Morgan fingerprint density at radius 2 is 1.87 bits per heavy atom. The van der Waals surface area contributed by atoms with Gasteiger partial charge in [-0.1, -0.05) is 17.7 Å². The van der Waals surface area contributed by atoms with Crippen molar-refractivity contribution in [3.8, 4) is 17.1 Å². The molecule has 1 N–H and O–H groups in total. The van der Waals surface area contributed by atoms with Gasteiger partial charge >= 0.3 is 0 Å². The number of amides is 1. The van der Waals surface area contributed by atoms with Crippen molar-refractivity contribution in [2.24, 2.45) is 0 Å². The lowest BCUT2D eigenvalue weighted by Crippen LogP contribution is -2.15. The first-order chi connectivity index (χ1) is 14.9. The number of nitrogens with one attached hydrogen (secondary N) is 1. The van der Waals surface area contributed by atoms with Crippen molar-refractivity contribution in [2.75, 3.05) is 5.32 Å². The van der Waals surface area contributed by atoms with Crippen LogP contribution in [0.25, 0.3) is 11.4 Å². The summed E-state index contributed by atoms with van der Waals surface area (Å²) in [6.45, 7) is 8.09. The molecule has 0 saturated heterocycles. The van der Waals surface area contributed by atoms with Gasteiger partial charge in [-0.15, -0.1) is 10.2 Å². The molecule has 31 heavy (non-hydrogen) atoms. The predicted octanol–water partition coefficient (Wildman–Crippen LogP) is 5.26. The molecule has 0 spiro atoms. The van der Waals surface area contributed by atoms with E-state index in [1.807, 2.05) is 64.1 Å². The van der Waals surface area contributed by atoms with Gasteiger partial charge in [0.1, 0.15) is 11.6 Å². The minimum Gasteiger partial charge on any atom is -0.491 e. The third-order valence-corrected chi connectivity index (χ3v) is 5.39. The first-order valence-electron chi connectivity index (χ1n) is 11.0. The maximum Gasteiger partial charge on any atom is 0.224 e. The van der Waals surface area contributed by atoms with Crippen LogP contribution >= 0.6 is 0 Å². The summed E-state index contributed by atoms with van der Waals surface area (Å²) in [4.78, 5) is 12.5. The topological polar surface area (TPSA) is 69.0 Å². The number of hydrogen-bond acceptors (Lipinski definition) is 4. The van der Waals surface area contributed by atoms with Crippen LogP contribution < -0.4 is 10.1 Å². The molecule has 0 unspecified atom stereocenters. The van der Waals surface area contributed by atoms with Gasteiger partial charge in [0.05, 0.1) is 6.10 Å². The molecule has 6 nitrogen and oxygen atoms in total. The van der Waals surface area contributed by atoms with Crippen LogP contribution in [0.5, 0.6) is 5.75 Å². The van der Waals surface area contributed by atoms with Gasteiger partial charge in [-0.3, -0.25) is 4.79 Å². The third kappa shape index (κ3) is 5.13. The van der Waals surface area contributed by atoms with Crippen molar-refractivity contribution in [1.82, 2.24) is 14.8 Å². The molecule has 0 atom stereocenters. The highest BCUT2D eigenvalue weighted by Gasteiger charge is 2.30. The molecule has 2 aromatic carbocycles. The number of aromatic nitrogens is 3. The minimum absolute atomic E-state index is 0.00552. The van der Waals surface area contributed by atoms with Gasteiger partial charge in [0.25, 0.3) is 0 Å². The molecule has 1 aliphatic rings. The molecule has 1 aromatic heterocycles. The molecule has 0 aliphatic heterocycles. The maximum absolute atomic E-state index is 12.5. The molecule has 1 amide bonds. The predicted molar refractivity (Wildman–Crippen MR) is 122 cm³/mol. The van der Waals surface area contributed by atoms with Crippen molar-refractivity contribution >= 4 is 11.6 Å². The Morgan fingerprint density at radius 1 is 1.13 bits per heavy atom. The lowest BCUT2D eigenvalue weighted by molar-refractivity contribution is -0.116. The zero-order chi connectivity index (χ0) is 22.0. The molecular formula is C25H30N4O2. The SMILES string of the molecule is Cc1ccc(NC(=O)CCc2nnc(-c3ccc(OC(C)C)cc3)n2C2CC2)c(C)c1. The standard InChI is InChI=1S/C25H30N4O2/c1-16(2)31-21-10-6-19(7-11-21)25-28-27-23(29(25)20-8-9-20)13-14-24(30)26-22-12-5-17(3)15-18(22)4/h5-7,10-12,15-16,20H,8-9,13-14H2,1-4H3,(H,26,30). The number of nitrogens with zero attached hydrogens (tertiary/aromatic N) is 3. The highest BCUT2D eigenvalue weighted by molar-refractivity contribution is 5.91. The molecule has 1 aliphatic carbocycles. The average molecular weight is 419 g/mol. The molecule has 0 radical (unpaired) electrons. The zero-order valence-electron chi connectivity index (χ0n) is 18.7. The summed E-state index contributed by atoms with van der Waals surface area (Å²) in [5.74, 6) is 2.58. The highest BCUT2D eigenvalue weighted by atomic mass is 16.5. The van der Waals surface area contributed by atoms with Crippen LogP contribution in [0.4, 0.5) is 5.69 Å². The first-order valence-corrected chi connectivity index (χ1v) is 11.0. The third-order valence-electron chi connectivity index (χ3n) is 5.39. The van der Waals surface area contributed by atoms with Crippen molar-refractivity contribution in [1.29, 1.82) is 0 Å². The van der Waals surface area contributed by atoms with E-state index in [2.05, 4.69) is 26.1 Å². The Bertz CT molecular complexity index is 1070. The van der Waals surface area contributed by atoms with Crippen molar-refractivity contribution < 1.29 is 9.53 Å². The number of ether oxygens (including phenoxy) is 1. The van der Waals surface area contributed by atoms with Gasteiger partial charge < -0.3 is 14.6 Å². The Balaban J connectivity index is 1.46. The van der Waals surface area contributed by atoms with Crippen molar-refractivity contribution in [3.63, 3.8) is 0 Å². The van der Waals surface area contributed by atoms with Gasteiger partial charge in [-0.05, 0) is 76.4 Å². The number of rotatable bonds is 8. The van der Waals surface area contributed by atoms with E-state index >= 15 is 0 Å². The van der Waals surface area contributed by atoms with Gasteiger partial charge in [0.15, 0.2) is 5.82 Å². The minimum atomic E-state index is -0.00552. The Labute approximate surface area is 183 Å². The highest BCUT2D eigenvalue weighted by Crippen LogP contribution is 2.39. The van der Waals surface area contributed by atoms with Crippen LogP contribution in [0.15, 0.2) is 42.5 Å². The summed E-state index contributed by atoms with van der Waals surface area (Å²) in [5, 5.41) is 11.9. The fraction of sp³-hybridized carbons (Fsp3) is 0.400. The van der Waals surface area contributed by atoms with Crippen LogP contribution in [0.2, 0.25) is 0 Å². The fourth-order valence-corrected chi connectivity index (χ4v) is 3.75. The Kier molecular flexibility index (Phi) is 6.07. The second-order valence-electron chi connectivity index (χ2n) is 8.60. The largest absolute Gasteiger partial charge is 0.491 e. The Morgan fingerprint density at radius 3 is 2.52 bits per heavy atom. The quantitative estimate of drug-likeness (QED) is 0.542. The maximum atomic E-state index is 12.5. The summed E-state index contributed by atoms with van der Waals surface area (Å²) >= 11 is 0. The lowest BCUT2D eigenvalue weighted by Gasteiger charge is -2.12. The molecule has 6 heteroatoms. The summed E-state index contributed by atoms with van der Waals surface area (Å²) in [6.07, 6.45) is 3.33. The number of hydrogen-bond donors (Lipinski definition) is 1. The molecule has 3 aromatic rings. The summed E-state index contributed by atoms with van der Waals surface area (Å²) in [7, 11) is 0. The molecule has 0 bridgehead atoms. The van der Waals surface area contributed by atoms with Gasteiger partial charge in [-0.2, -0.15) is 0 Å². The van der Waals surface area contributed by atoms with E-state index in [0.717, 1.165) is 47.1 Å². The summed E-state index contributed by atoms with van der Waals surface area (Å²) in [5.41, 5.74) is 4.14. The van der Waals surface area contributed by atoms with Crippen LogP contribution in [0.3, 0.4) is 0 Å². The number of aryl methyl sites for hydroxylation is 3. The smallest absolute Gasteiger partial charge is 0.224 e. The normalized spacial score (nSPS) is 13.5. The van der Waals surface area contributed by atoms with E-state index in [-0.39, 0.29) is 12.0 Å². The van der Waals surface area contributed by atoms with Crippen molar-refractivity contribution in [3.05, 3.63) is 59.4 Å². The van der Waals surface area contributed by atoms with Gasteiger partial charge in [-0.25, -0.2) is 0 Å². The van der Waals surface area contributed by atoms with Crippen LogP contribution in [0, 0.1) is 13.8 Å². The molecule has 1 fully saturated rings. The zero-order valence-corrected chi connectivity index (χ0v) is 18.7. The first kappa shape index (κ1) is 21.1. The van der Waals surface area contributed by atoms with E-state index in [1.165, 1.54) is 5.56 Å². The number of carbonyl (C=O) groups is 1. The van der Waals surface area contributed by atoms with Crippen molar-refractivity contribution in [2.45, 2.75) is 65.5 Å². The number of benzene rings is 2. The van der Waals surface area contributed by atoms with E-state index in [1.54, 1.807) is 0 Å². The lowest BCUT2D eigenvalue weighted by atomic mass is 10.1. The molecule has 1 heterocycles. The second kappa shape index (κ2) is 8.92. The van der Waals surface area contributed by atoms with Crippen LogP contribution in [0.1, 0.15) is 56.1 Å². The number of carbonyl (C=O) groups excluding carboxylic acids is 1. The van der Waals surface area contributed by atoms with E-state index in [9.17, 15) is 4.79 Å². The molecule has 162 valence electrons. The van der Waals surface area contributed by atoms with Crippen LogP contribution in [-0.2, 0) is 11.2 Å². The molecule has 1 saturated carbocycles. The summed E-state index contributed by atoms with van der Waals surface area (Å²) in [6, 6.07) is 14.5. The second-order valence-corrected chi connectivity index (χ2v) is 8.60. The Hall–Kier alpha value is -3.15. The van der Waals surface area contributed by atoms with E-state index in [4.69, 9.17) is 4.74 Å². The molecule has 4 rings (SSSR count). The fourth-order valence-electron chi connectivity index (χ4n) is 3.75. The van der Waals surface area contributed by atoms with E-state index < -0.39 is 0 Å². The van der Waals surface area contributed by atoms with Gasteiger partial charge in [0, 0.05) is 30.1 Å². The van der Waals surface area contributed by atoms with E-state index in [0.29, 0.717) is 18.9 Å².